The SMILES string of the molecule is CCc1cc(Oc2c(C)cc(CC(=O)O)cc2CC)cc(C)c1O. The molecule has 0 aromatic heterocycles. The third-order valence-electron chi connectivity index (χ3n) is 4.10. The quantitative estimate of drug-likeness (QED) is 0.816. The van der Waals surface area contributed by atoms with Gasteiger partial charge in [-0.15, -0.1) is 0 Å². The Balaban J connectivity index is 2.42. The zero-order valence-electron chi connectivity index (χ0n) is 14.6. The van der Waals surface area contributed by atoms with Crippen LogP contribution in [0, 0.1) is 13.8 Å². The largest absolute Gasteiger partial charge is 0.507 e. The van der Waals surface area contributed by atoms with E-state index in [1.165, 1.54) is 0 Å². The number of carboxylic acids is 1. The van der Waals surface area contributed by atoms with Crippen LogP contribution in [0.15, 0.2) is 24.3 Å². The molecule has 0 amide bonds. The van der Waals surface area contributed by atoms with E-state index >= 15 is 0 Å². The first-order chi connectivity index (χ1) is 11.3. The molecule has 2 aromatic carbocycles. The third-order valence-corrected chi connectivity index (χ3v) is 4.10. The molecule has 0 fully saturated rings. The fourth-order valence-electron chi connectivity index (χ4n) is 2.88. The monoisotopic (exact) mass is 328 g/mol. The van der Waals surface area contributed by atoms with E-state index in [1.807, 2.05) is 52.0 Å². The lowest BCUT2D eigenvalue weighted by Gasteiger charge is -2.16. The van der Waals surface area contributed by atoms with E-state index in [4.69, 9.17) is 9.84 Å². The van der Waals surface area contributed by atoms with Crippen LogP contribution >= 0.6 is 0 Å². The number of ether oxygens (including phenoxy) is 1. The smallest absolute Gasteiger partial charge is 0.307 e. The number of benzene rings is 2. The van der Waals surface area contributed by atoms with Crippen LogP contribution in [0.4, 0.5) is 0 Å². The van der Waals surface area contributed by atoms with E-state index in [-0.39, 0.29) is 6.42 Å². The molecule has 0 radical (unpaired) electrons. The number of carbonyl (C=O) groups is 1. The summed E-state index contributed by atoms with van der Waals surface area (Å²) in [5.74, 6) is 0.922. The predicted octanol–water partition coefficient (Wildman–Crippen LogP) is 4.55. The van der Waals surface area contributed by atoms with Gasteiger partial charge in [-0.1, -0.05) is 26.0 Å². The number of rotatable bonds is 6. The summed E-state index contributed by atoms with van der Waals surface area (Å²) in [5, 5.41) is 19.0. The van der Waals surface area contributed by atoms with Gasteiger partial charge in [-0.3, -0.25) is 4.79 Å². The molecular weight excluding hydrogens is 304 g/mol. The lowest BCUT2D eigenvalue weighted by atomic mass is 10.0. The van der Waals surface area contributed by atoms with Gasteiger partial charge in [-0.2, -0.15) is 0 Å². The second-order valence-electron chi connectivity index (χ2n) is 6.03. The van der Waals surface area contributed by atoms with E-state index < -0.39 is 5.97 Å². The highest BCUT2D eigenvalue weighted by atomic mass is 16.5. The number of aromatic hydroxyl groups is 1. The van der Waals surface area contributed by atoms with Crippen molar-refractivity contribution in [1.29, 1.82) is 0 Å². The third kappa shape index (κ3) is 3.88. The van der Waals surface area contributed by atoms with Gasteiger partial charge >= 0.3 is 5.97 Å². The Morgan fingerprint density at radius 2 is 1.67 bits per heavy atom. The standard InChI is InChI=1S/C20H24O4/c1-5-15-11-17(8-12(3)19(15)23)24-20-13(4)7-14(10-18(21)22)9-16(20)6-2/h7-9,11,23H,5-6,10H2,1-4H3,(H,21,22). The molecule has 128 valence electrons. The number of aryl methyl sites for hydroxylation is 4. The van der Waals surface area contributed by atoms with E-state index in [1.54, 1.807) is 0 Å². The fraction of sp³-hybridized carbons (Fsp3) is 0.350. The number of carboxylic acid groups (broad SMARTS) is 1. The highest BCUT2D eigenvalue weighted by molar-refractivity contribution is 5.70. The maximum absolute atomic E-state index is 10.9. The van der Waals surface area contributed by atoms with Crippen molar-refractivity contribution in [2.24, 2.45) is 0 Å². The summed E-state index contributed by atoms with van der Waals surface area (Å²) in [7, 11) is 0. The summed E-state index contributed by atoms with van der Waals surface area (Å²) in [6, 6.07) is 7.42. The zero-order chi connectivity index (χ0) is 17.9. The molecule has 0 aliphatic carbocycles. The molecule has 24 heavy (non-hydrogen) atoms. The van der Waals surface area contributed by atoms with Crippen molar-refractivity contribution >= 4 is 5.97 Å². The van der Waals surface area contributed by atoms with E-state index in [2.05, 4.69) is 0 Å². The maximum atomic E-state index is 10.9. The first-order valence-electron chi connectivity index (χ1n) is 8.20. The summed E-state index contributed by atoms with van der Waals surface area (Å²) >= 11 is 0. The second kappa shape index (κ2) is 7.39. The van der Waals surface area contributed by atoms with Gasteiger partial charge in [0, 0.05) is 0 Å². The lowest BCUT2D eigenvalue weighted by Crippen LogP contribution is -2.03. The van der Waals surface area contributed by atoms with E-state index in [9.17, 15) is 9.90 Å². The molecule has 4 nitrogen and oxygen atoms in total. The molecule has 0 atom stereocenters. The van der Waals surface area contributed by atoms with Crippen LogP contribution in [0.25, 0.3) is 0 Å². The molecule has 2 rings (SSSR count). The Labute approximate surface area is 142 Å². The first kappa shape index (κ1) is 17.9. The number of aliphatic carboxylic acids is 1. The number of hydrogen-bond donors (Lipinski definition) is 2. The maximum Gasteiger partial charge on any atom is 0.307 e. The summed E-state index contributed by atoms with van der Waals surface area (Å²) in [5.41, 5.74) is 4.30. The second-order valence-corrected chi connectivity index (χ2v) is 6.03. The highest BCUT2D eigenvalue weighted by Crippen LogP contribution is 2.34. The normalized spacial score (nSPS) is 10.7. The Morgan fingerprint density at radius 1 is 1.00 bits per heavy atom. The van der Waals surface area contributed by atoms with Crippen molar-refractivity contribution in [3.63, 3.8) is 0 Å². The van der Waals surface area contributed by atoms with Crippen LogP contribution in [0.2, 0.25) is 0 Å². The molecule has 0 aliphatic heterocycles. The van der Waals surface area contributed by atoms with Gasteiger partial charge in [0.1, 0.15) is 17.2 Å². The van der Waals surface area contributed by atoms with Crippen molar-refractivity contribution < 1.29 is 19.7 Å². The Hall–Kier alpha value is -2.49. The lowest BCUT2D eigenvalue weighted by molar-refractivity contribution is -0.136. The van der Waals surface area contributed by atoms with Crippen molar-refractivity contribution in [3.8, 4) is 17.2 Å². The van der Waals surface area contributed by atoms with Crippen molar-refractivity contribution in [1.82, 2.24) is 0 Å². The van der Waals surface area contributed by atoms with Crippen LogP contribution in [0.1, 0.15) is 41.7 Å². The molecule has 0 saturated carbocycles. The number of phenolic OH excluding ortho intramolecular Hbond substituents is 1. The van der Waals surface area contributed by atoms with Gasteiger partial charge in [0.15, 0.2) is 0 Å². The van der Waals surface area contributed by atoms with Gasteiger partial charge in [0.25, 0.3) is 0 Å². The average Bonchev–Trinajstić information content (AvgIpc) is 2.52. The minimum Gasteiger partial charge on any atom is -0.507 e. The van der Waals surface area contributed by atoms with Crippen LogP contribution in [-0.4, -0.2) is 16.2 Å². The van der Waals surface area contributed by atoms with Crippen LogP contribution in [0.3, 0.4) is 0 Å². The number of phenols is 1. The van der Waals surface area contributed by atoms with Crippen molar-refractivity contribution in [3.05, 3.63) is 52.1 Å². The summed E-state index contributed by atoms with van der Waals surface area (Å²) in [4.78, 5) is 10.9. The predicted molar refractivity (Wildman–Crippen MR) is 94.2 cm³/mol. The van der Waals surface area contributed by atoms with Gasteiger partial charge in [0.2, 0.25) is 0 Å². The molecule has 0 bridgehead atoms. The molecule has 0 unspecified atom stereocenters. The van der Waals surface area contributed by atoms with E-state index in [0.717, 1.165) is 46.4 Å². The average molecular weight is 328 g/mol. The molecule has 0 saturated heterocycles. The van der Waals surface area contributed by atoms with Crippen molar-refractivity contribution in [2.75, 3.05) is 0 Å². The number of hydrogen-bond acceptors (Lipinski definition) is 3. The molecule has 0 aliphatic rings. The summed E-state index contributed by atoms with van der Waals surface area (Å²) in [6.45, 7) is 7.78. The Kier molecular flexibility index (Phi) is 5.50. The van der Waals surface area contributed by atoms with Gasteiger partial charge in [0.05, 0.1) is 6.42 Å². The minimum atomic E-state index is -0.841. The Bertz CT molecular complexity index is 763. The minimum absolute atomic E-state index is 0.00637. The topological polar surface area (TPSA) is 66.8 Å². The molecule has 2 N–H and O–H groups in total. The van der Waals surface area contributed by atoms with Gasteiger partial charge in [-0.25, -0.2) is 0 Å². The zero-order valence-corrected chi connectivity index (χ0v) is 14.6. The van der Waals surface area contributed by atoms with Crippen LogP contribution < -0.4 is 4.74 Å². The fourth-order valence-corrected chi connectivity index (χ4v) is 2.88. The molecule has 0 spiro atoms. The molecule has 2 aromatic rings. The van der Waals surface area contributed by atoms with Crippen molar-refractivity contribution in [2.45, 2.75) is 47.0 Å². The molecular formula is C20H24O4. The highest BCUT2D eigenvalue weighted by Gasteiger charge is 2.13. The Morgan fingerprint density at radius 3 is 2.25 bits per heavy atom. The van der Waals surface area contributed by atoms with Gasteiger partial charge < -0.3 is 14.9 Å². The summed E-state index contributed by atoms with van der Waals surface area (Å²) < 4.78 is 6.11. The summed E-state index contributed by atoms with van der Waals surface area (Å²) in [6.07, 6.45) is 1.48. The van der Waals surface area contributed by atoms with Crippen LogP contribution in [-0.2, 0) is 24.1 Å². The van der Waals surface area contributed by atoms with Gasteiger partial charge in [-0.05, 0) is 66.6 Å². The van der Waals surface area contributed by atoms with E-state index in [0.29, 0.717) is 11.5 Å². The first-order valence-corrected chi connectivity index (χ1v) is 8.20. The molecule has 0 heterocycles. The molecule has 4 heteroatoms. The van der Waals surface area contributed by atoms with Crippen LogP contribution in [0.5, 0.6) is 17.2 Å².